The lowest BCUT2D eigenvalue weighted by molar-refractivity contribution is 0.0601. The molecule has 0 unspecified atom stereocenters. The number of benzene rings is 3. The molecule has 3 rings (SSSR count). The molecule has 0 bridgehead atoms. The molecule has 0 aliphatic rings. The highest BCUT2D eigenvalue weighted by molar-refractivity contribution is 7.90. The lowest BCUT2D eigenvalue weighted by atomic mass is 10.2. The zero-order chi connectivity index (χ0) is 27.5. The smallest absolute Gasteiger partial charge is 0.340 e. The van der Waals surface area contributed by atoms with Crippen molar-refractivity contribution in [1.82, 2.24) is 0 Å². The number of aromatic hydroxyl groups is 1. The van der Waals surface area contributed by atoms with Crippen molar-refractivity contribution >= 4 is 60.0 Å². The largest absolute Gasteiger partial charge is 0.506 e. The molecule has 0 spiro atoms. The maximum absolute atomic E-state index is 12.0. The molecular weight excluding hydrogens is 528 g/mol. The third-order valence-corrected chi connectivity index (χ3v) is 6.81. The number of ether oxygens (including phenoxy) is 1. The quantitative estimate of drug-likeness (QED) is 0.144. The average molecular weight is 549 g/mol. The van der Waals surface area contributed by atoms with Crippen molar-refractivity contribution in [2.75, 3.05) is 24.8 Å². The third-order valence-electron chi connectivity index (χ3n) is 4.80. The molecular formula is C21H20N6O8S2. The summed E-state index contributed by atoms with van der Waals surface area (Å²) in [6.45, 7) is 0. The Hall–Kier alpha value is -4.41. The van der Waals surface area contributed by atoms with Crippen LogP contribution in [0.15, 0.2) is 78.8 Å². The minimum Gasteiger partial charge on any atom is -0.506 e. The molecule has 3 aromatic rings. The lowest BCUT2D eigenvalue weighted by Gasteiger charge is -2.11. The Morgan fingerprint density at radius 1 is 0.865 bits per heavy atom. The standard InChI is InChI=1S/C21H20N6O8S2/c1-35-21(29)12-5-3-4-6-13(12)24-27-20-18(22)15(10-17(19(20)23)37(32,33)34)26-25-14-9-11(36(2,30)31)7-8-16(14)28/h3-10,28H,22-23H2,1-2H3,(H,32,33,34)/b26-25+,27-24+. The molecule has 3 aromatic carbocycles. The SMILES string of the molecule is COC(=O)c1ccccc1/N=N/c1c(N)c(/N=N/c2cc(S(C)(=O)=O)ccc2O)cc(S(=O)(=O)O)c1N. The van der Waals surface area contributed by atoms with E-state index in [4.69, 9.17) is 11.5 Å². The van der Waals surface area contributed by atoms with Crippen LogP contribution in [-0.2, 0) is 24.7 Å². The van der Waals surface area contributed by atoms with E-state index in [2.05, 4.69) is 25.2 Å². The summed E-state index contributed by atoms with van der Waals surface area (Å²) in [5.41, 5.74) is 10.1. The van der Waals surface area contributed by atoms with Crippen LogP contribution >= 0.6 is 0 Å². The first-order valence-corrected chi connectivity index (χ1v) is 13.3. The summed E-state index contributed by atoms with van der Waals surface area (Å²) in [5, 5.41) is 25.3. The number of rotatable bonds is 7. The van der Waals surface area contributed by atoms with E-state index in [9.17, 15) is 31.3 Å². The van der Waals surface area contributed by atoms with Crippen molar-refractivity contribution in [3.05, 3.63) is 54.1 Å². The summed E-state index contributed by atoms with van der Waals surface area (Å²) in [4.78, 5) is 11.0. The van der Waals surface area contributed by atoms with Crippen LogP contribution in [0.2, 0.25) is 0 Å². The number of nitrogens with zero attached hydrogens (tertiary/aromatic N) is 4. The van der Waals surface area contributed by atoms with Crippen LogP contribution in [0.3, 0.4) is 0 Å². The van der Waals surface area contributed by atoms with Gasteiger partial charge in [-0.15, -0.1) is 20.5 Å². The number of phenolic OH excluding ortho intramolecular Hbond substituents is 1. The Bertz CT molecular complexity index is 1670. The summed E-state index contributed by atoms with van der Waals surface area (Å²) in [5.74, 6) is -1.15. The highest BCUT2D eigenvalue weighted by atomic mass is 32.2. The summed E-state index contributed by atoms with van der Waals surface area (Å²) in [6.07, 6.45) is 0.951. The average Bonchev–Trinajstić information content (AvgIpc) is 2.82. The van der Waals surface area contributed by atoms with Crippen LogP contribution in [-0.4, -0.2) is 45.8 Å². The van der Waals surface area contributed by atoms with Gasteiger partial charge >= 0.3 is 5.97 Å². The van der Waals surface area contributed by atoms with Gasteiger partial charge in [-0.1, -0.05) is 12.1 Å². The van der Waals surface area contributed by atoms with Crippen molar-refractivity contribution in [1.29, 1.82) is 0 Å². The number of azo groups is 2. The van der Waals surface area contributed by atoms with Gasteiger partial charge in [0.05, 0.1) is 28.9 Å². The summed E-state index contributed by atoms with van der Waals surface area (Å²) in [6, 6.07) is 10.0. The second-order valence-electron chi connectivity index (χ2n) is 7.38. The van der Waals surface area contributed by atoms with Crippen LogP contribution < -0.4 is 11.5 Å². The van der Waals surface area contributed by atoms with Gasteiger partial charge in [0.15, 0.2) is 9.84 Å². The number of methoxy groups -OCH3 is 1. The van der Waals surface area contributed by atoms with E-state index >= 15 is 0 Å². The number of nitrogen functional groups attached to an aromatic ring is 2. The van der Waals surface area contributed by atoms with Crippen LogP contribution in [0.25, 0.3) is 0 Å². The predicted octanol–water partition coefficient (Wildman–Crippen LogP) is 3.82. The summed E-state index contributed by atoms with van der Waals surface area (Å²) >= 11 is 0. The first-order valence-electron chi connectivity index (χ1n) is 9.97. The predicted molar refractivity (Wildman–Crippen MR) is 132 cm³/mol. The zero-order valence-electron chi connectivity index (χ0n) is 19.2. The number of hydrogen-bond acceptors (Lipinski definition) is 13. The first-order chi connectivity index (χ1) is 17.2. The van der Waals surface area contributed by atoms with E-state index in [1.807, 2.05) is 0 Å². The molecule has 0 aliphatic carbocycles. The van der Waals surface area contributed by atoms with Crippen molar-refractivity contribution < 1.29 is 36.0 Å². The van der Waals surface area contributed by atoms with Gasteiger partial charge in [0.2, 0.25) is 0 Å². The summed E-state index contributed by atoms with van der Waals surface area (Å²) in [7, 11) is -7.38. The van der Waals surface area contributed by atoms with Gasteiger partial charge in [0.25, 0.3) is 10.1 Å². The Labute approximate surface area is 211 Å². The van der Waals surface area contributed by atoms with Crippen molar-refractivity contribution in [3.8, 4) is 5.75 Å². The molecule has 0 fully saturated rings. The molecule has 37 heavy (non-hydrogen) atoms. The molecule has 0 radical (unpaired) electrons. The zero-order valence-corrected chi connectivity index (χ0v) is 20.9. The van der Waals surface area contributed by atoms with Gasteiger partial charge in [-0.05, 0) is 36.4 Å². The monoisotopic (exact) mass is 548 g/mol. The van der Waals surface area contributed by atoms with Crippen molar-refractivity contribution in [2.45, 2.75) is 9.79 Å². The molecule has 0 saturated heterocycles. The second-order valence-corrected chi connectivity index (χ2v) is 10.8. The molecule has 0 atom stereocenters. The number of esters is 1. The fraction of sp³-hybridized carbons (Fsp3) is 0.0952. The normalized spacial score (nSPS) is 12.3. The van der Waals surface area contributed by atoms with Crippen LogP contribution in [0.1, 0.15) is 10.4 Å². The maximum atomic E-state index is 12.0. The fourth-order valence-corrected chi connectivity index (χ4v) is 4.21. The molecule has 6 N–H and O–H groups in total. The Morgan fingerprint density at radius 3 is 2.11 bits per heavy atom. The van der Waals surface area contributed by atoms with Gasteiger partial charge in [-0.3, -0.25) is 4.55 Å². The van der Waals surface area contributed by atoms with Gasteiger partial charge in [0, 0.05) is 6.26 Å². The second kappa shape index (κ2) is 10.3. The van der Waals surface area contributed by atoms with Crippen molar-refractivity contribution in [3.63, 3.8) is 0 Å². The lowest BCUT2D eigenvalue weighted by Crippen LogP contribution is -2.05. The van der Waals surface area contributed by atoms with E-state index in [0.29, 0.717) is 0 Å². The fourth-order valence-electron chi connectivity index (χ4n) is 2.94. The molecule has 0 amide bonds. The molecule has 0 heterocycles. The molecule has 14 nitrogen and oxygen atoms in total. The number of anilines is 2. The van der Waals surface area contributed by atoms with E-state index in [1.165, 1.54) is 19.2 Å². The molecule has 0 aliphatic heterocycles. The highest BCUT2D eigenvalue weighted by Crippen LogP contribution is 2.43. The maximum Gasteiger partial charge on any atom is 0.340 e. The van der Waals surface area contributed by atoms with Crippen LogP contribution in [0.5, 0.6) is 5.75 Å². The topological polar surface area (TPSA) is 237 Å². The Morgan fingerprint density at radius 2 is 1.49 bits per heavy atom. The first kappa shape index (κ1) is 27.2. The van der Waals surface area contributed by atoms with E-state index in [1.54, 1.807) is 12.1 Å². The van der Waals surface area contributed by atoms with Crippen molar-refractivity contribution in [2.24, 2.45) is 20.5 Å². The highest BCUT2D eigenvalue weighted by Gasteiger charge is 2.23. The number of nitrogens with two attached hydrogens (primary N) is 2. The van der Waals surface area contributed by atoms with E-state index < -0.39 is 47.9 Å². The van der Waals surface area contributed by atoms with Gasteiger partial charge < -0.3 is 21.3 Å². The summed E-state index contributed by atoms with van der Waals surface area (Å²) < 4.78 is 61.8. The van der Waals surface area contributed by atoms with E-state index in [0.717, 1.165) is 30.5 Å². The molecule has 194 valence electrons. The minimum atomic E-state index is -4.91. The Kier molecular flexibility index (Phi) is 7.56. The number of carbonyl (C=O) groups is 1. The minimum absolute atomic E-state index is 0.0381. The number of phenols is 1. The van der Waals surface area contributed by atoms with E-state index in [-0.39, 0.29) is 33.2 Å². The third kappa shape index (κ3) is 6.05. The molecule has 0 saturated carbocycles. The van der Waals surface area contributed by atoms with Gasteiger partial charge in [-0.25, -0.2) is 13.2 Å². The molecule has 0 aromatic heterocycles. The number of hydrogen-bond donors (Lipinski definition) is 4. The van der Waals surface area contributed by atoms with Gasteiger partial charge in [-0.2, -0.15) is 8.42 Å². The van der Waals surface area contributed by atoms with Crippen LogP contribution in [0.4, 0.5) is 34.1 Å². The van der Waals surface area contributed by atoms with Gasteiger partial charge in [0.1, 0.15) is 33.4 Å². The number of carbonyl (C=O) groups excluding carboxylic acids is 1. The Balaban J connectivity index is 2.18. The number of sulfone groups is 1. The molecule has 16 heteroatoms. The van der Waals surface area contributed by atoms with Crippen LogP contribution in [0, 0.1) is 0 Å².